The molecule has 1 heterocycles. The van der Waals surface area contributed by atoms with Crippen LogP contribution in [0.1, 0.15) is 42.7 Å². The van der Waals surface area contributed by atoms with Crippen molar-refractivity contribution < 1.29 is 32.6 Å². The molecule has 1 fully saturated rings. The Morgan fingerprint density at radius 1 is 1.16 bits per heavy atom. The highest BCUT2D eigenvalue weighted by Crippen LogP contribution is 2.36. The molecule has 2 aromatic rings. The Balaban J connectivity index is 2.00. The van der Waals surface area contributed by atoms with E-state index in [1.807, 2.05) is 6.07 Å². The Labute approximate surface area is 178 Å². The fourth-order valence-corrected chi connectivity index (χ4v) is 3.24. The van der Waals surface area contributed by atoms with E-state index in [9.17, 15) is 23.2 Å². The average Bonchev–Trinajstić information content (AvgIpc) is 3.04. The summed E-state index contributed by atoms with van der Waals surface area (Å²) in [6, 6.07) is 11.5. The summed E-state index contributed by atoms with van der Waals surface area (Å²) >= 11 is 0. The third-order valence-corrected chi connectivity index (χ3v) is 4.53. The molecule has 0 aromatic heterocycles. The van der Waals surface area contributed by atoms with Crippen LogP contribution in [0, 0.1) is 0 Å². The second kappa shape index (κ2) is 8.71. The zero-order chi connectivity index (χ0) is 22.8. The minimum atomic E-state index is -3.14. The third kappa shape index (κ3) is 4.99. The smallest absolute Gasteiger partial charge is 0.419 e. The highest BCUT2D eigenvalue weighted by molar-refractivity contribution is 6.04. The maximum absolute atomic E-state index is 13.2. The molecule has 7 nitrogen and oxygen atoms in total. The van der Waals surface area contributed by atoms with Crippen molar-refractivity contribution in [1.82, 2.24) is 4.90 Å². The zero-order valence-electron chi connectivity index (χ0n) is 17.2. The van der Waals surface area contributed by atoms with Gasteiger partial charge in [-0.1, -0.05) is 30.3 Å². The number of carbonyl (C=O) groups is 3. The molecule has 164 valence electrons. The number of anilines is 1. The van der Waals surface area contributed by atoms with Crippen LogP contribution < -0.4 is 9.64 Å². The molecule has 1 aliphatic rings. The van der Waals surface area contributed by atoms with E-state index in [1.54, 1.807) is 45.0 Å². The van der Waals surface area contributed by atoms with E-state index in [1.165, 1.54) is 23.1 Å². The Hall–Kier alpha value is -3.49. The first kappa shape index (κ1) is 22.2. The minimum Gasteiger partial charge on any atom is -0.443 e. The van der Waals surface area contributed by atoms with Gasteiger partial charge in [0.05, 0.1) is 18.2 Å². The van der Waals surface area contributed by atoms with E-state index >= 15 is 0 Å². The Bertz CT molecular complexity index is 976. The summed E-state index contributed by atoms with van der Waals surface area (Å²) in [5.41, 5.74) is 0.00549. The Morgan fingerprint density at radius 3 is 2.42 bits per heavy atom. The molecule has 0 bridgehead atoms. The van der Waals surface area contributed by atoms with Gasteiger partial charge >= 0.3 is 18.7 Å². The average molecular weight is 432 g/mol. The van der Waals surface area contributed by atoms with Crippen LogP contribution in [0.2, 0.25) is 0 Å². The Kier molecular flexibility index (Phi) is 6.24. The van der Waals surface area contributed by atoms with E-state index in [4.69, 9.17) is 4.74 Å². The lowest BCUT2D eigenvalue weighted by Crippen LogP contribution is -2.41. The van der Waals surface area contributed by atoms with Gasteiger partial charge in [-0.15, -0.1) is 0 Å². The number of nitrogens with zero attached hydrogens (tertiary/aromatic N) is 2. The molecule has 1 saturated heterocycles. The van der Waals surface area contributed by atoms with Crippen molar-refractivity contribution >= 4 is 24.1 Å². The van der Waals surface area contributed by atoms with E-state index in [-0.39, 0.29) is 23.5 Å². The largest absolute Gasteiger partial charge is 0.443 e. The predicted octanol–water partition coefficient (Wildman–Crippen LogP) is 5.02. The molecule has 3 amide bonds. The molecule has 0 spiro atoms. The van der Waals surface area contributed by atoms with Crippen LogP contribution in [0.25, 0.3) is 0 Å². The van der Waals surface area contributed by atoms with Crippen molar-refractivity contribution in [2.45, 2.75) is 39.0 Å². The van der Waals surface area contributed by atoms with Gasteiger partial charge in [0.25, 0.3) is 0 Å². The number of hydrogen-bond donors (Lipinski definition) is 0. The quantitative estimate of drug-likeness (QED) is 0.620. The molecule has 1 aliphatic heterocycles. The van der Waals surface area contributed by atoms with E-state index in [0.717, 1.165) is 4.90 Å². The number of rotatable bonds is 5. The normalized spacial score (nSPS) is 16.6. The van der Waals surface area contributed by atoms with E-state index < -0.39 is 30.4 Å². The second-order valence-electron chi connectivity index (χ2n) is 7.89. The van der Waals surface area contributed by atoms with Gasteiger partial charge in [-0.2, -0.15) is 8.78 Å². The molecule has 1 atom stereocenters. The summed E-state index contributed by atoms with van der Waals surface area (Å²) in [6.45, 7) is 1.99. The van der Waals surface area contributed by atoms with Gasteiger partial charge in [-0.3, -0.25) is 9.69 Å². The maximum Gasteiger partial charge on any atom is 0.419 e. The molecule has 9 heteroatoms. The number of aldehydes is 1. The van der Waals surface area contributed by atoms with E-state index in [0.29, 0.717) is 11.8 Å². The monoisotopic (exact) mass is 432 g/mol. The lowest BCUT2D eigenvalue weighted by molar-refractivity contribution is -0.0500. The van der Waals surface area contributed by atoms with Crippen LogP contribution in [0.4, 0.5) is 24.1 Å². The van der Waals surface area contributed by atoms with Crippen molar-refractivity contribution in [2.75, 3.05) is 11.4 Å². The molecule has 0 aliphatic carbocycles. The van der Waals surface area contributed by atoms with Crippen LogP contribution in [-0.2, 0) is 4.74 Å². The lowest BCUT2D eigenvalue weighted by Gasteiger charge is -2.26. The number of urea groups is 1. The van der Waals surface area contributed by atoms with Gasteiger partial charge in [0.15, 0.2) is 6.29 Å². The number of benzene rings is 2. The number of amides is 3. The molecule has 3 rings (SSSR count). The van der Waals surface area contributed by atoms with Crippen molar-refractivity contribution in [3.8, 4) is 5.75 Å². The number of ether oxygens (including phenoxy) is 2. The maximum atomic E-state index is 13.2. The minimum absolute atomic E-state index is 0.0661. The zero-order valence-corrected chi connectivity index (χ0v) is 17.2. The molecule has 0 saturated carbocycles. The first-order chi connectivity index (χ1) is 14.6. The molecule has 0 N–H and O–H groups in total. The molecule has 0 unspecified atom stereocenters. The van der Waals surface area contributed by atoms with Crippen molar-refractivity contribution in [2.24, 2.45) is 0 Å². The lowest BCUT2D eigenvalue weighted by atomic mass is 10.1. The predicted molar refractivity (Wildman–Crippen MR) is 108 cm³/mol. The van der Waals surface area contributed by atoms with Crippen LogP contribution in [0.3, 0.4) is 0 Å². The first-order valence-corrected chi connectivity index (χ1v) is 9.53. The van der Waals surface area contributed by atoms with Crippen molar-refractivity contribution in [3.05, 3.63) is 59.7 Å². The molecular weight excluding hydrogens is 410 g/mol. The standard InChI is InChI=1S/C22H22F2N2O5/c1-22(2,3)31-21(29)26-17(14-7-5-4-6-8-14)12-25(20(26)28)16-10-9-15(13-27)18(11-16)30-19(23)24/h4-11,13,17,19H,12H2,1-3H3/t17-/m0/s1. The number of alkyl halides is 2. The van der Waals surface area contributed by atoms with E-state index in [2.05, 4.69) is 4.74 Å². The number of carbonyl (C=O) groups excluding carboxylic acids is 3. The SMILES string of the molecule is CC(C)(C)OC(=O)N1C(=O)N(c2ccc(C=O)c(OC(F)F)c2)C[C@H]1c1ccccc1. The number of hydrogen-bond acceptors (Lipinski definition) is 5. The van der Waals surface area contributed by atoms with Crippen LogP contribution in [0.15, 0.2) is 48.5 Å². The van der Waals surface area contributed by atoms with Gasteiger partial charge in [0.2, 0.25) is 0 Å². The summed E-state index contributed by atoms with van der Waals surface area (Å²) in [5, 5.41) is 0. The molecule has 31 heavy (non-hydrogen) atoms. The van der Waals surface area contributed by atoms with Crippen LogP contribution in [0.5, 0.6) is 5.75 Å². The van der Waals surface area contributed by atoms with Gasteiger partial charge in [-0.25, -0.2) is 14.5 Å². The summed E-state index contributed by atoms with van der Waals surface area (Å²) < 4.78 is 35.3. The Morgan fingerprint density at radius 2 is 1.84 bits per heavy atom. The van der Waals surface area contributed by atoms with Crippen molar-refractivity contribution in [3.63, 3.8) is 0 Å². The summed E-state index contributed by atoms with van der Waals surface area (Å²) in [4.78, 5) is 39.4. The molecule has 2 aromatic carbocycles. The van der Waals surface area contributed by atoms with Gasteiger partial charge < -0.3 is 9.47 Å². The second-order valence-corrected chi connectivity index (χ2v) is 7.89. The number of imide groups is 1. The highest BCUT2D eigenvalue weighted by Gasteiger charge is 2.44. The topological polar surface area (TPSA) is 76.2 Å². The van der Waals surface area contributed by atoms with Crippen LogP contribution >= 0.6 is 0 Å². The fraction of sp³-hybridized carbons (Fsp3) is 0.318. The molecular formula is C22H22F2N2O5. The first-order valence-electron chi connectivity index (χ1n) is 9.53. The summed E-state index contributed by atoms with van der Waals surface area (Å²) in [6.07, 6.45) is -0.435. The van der Waals surface area contributed by atoms with Gasteiger partial charge in [-0.05, 0) is 38.5 Å². The van der Waals surface area contributed by atoms with Crippen molar-refractivity contribution in [1.29, 1.82) is 0 Å². The van der Waals surface area contributed by atoms with Crippen LogP contribution in [-0.4, -0.2) is 42.1 Å². The number of halogens is 2. The summed E-state index contributed by atoms with van der Waals surface area (Å²) in [5.74, 6) is -0.359. The van der Waals surface area contributed by atoms with Gasteiger partial charge in [0.1, 0.15) is 11.4 Å². The molecule has 0 radical (unpaired) electrons. The summed E-state index contributed by atoms with van der Waals surface area (Å²) in [7, 11) is 0. The third-order valence-electron chi connectivity index (χ3n) is 4.53. The highest BCUT2D eigenvalue weighted by atomic mass is 19.3. The fourth-order valence-electron chi connectivity index (χ4n) is 3.24. The van der Waals surface area contributed by atoms with Gasteiger partial charge in [0, 0.05) is 11.8 Å².